The summed E-state index contributed by atoms with van der Waals surface area (Å²) in [5.41, 5.74) is 0.100. The molecule has 1 fully saturated rings. The molecule has 1 aliphatic heterocycles. The van der Waals surface area contributed by atoms with Crippen LogP contribution in [0.25, 0.3) is 0 Å². The van der Waals surface area contributed by atoms with Crippen molar-refractivity contribution < 1.29 is 8.78 Å². The van der Waals surface area contributed by atoms with Gasteiger partial charge in [0, 0.05) is 30.7 Å². The van der Waals surface area contributed by atoms with Crippen LogP contribution in [-0.4, -0.2) is 36.6 Å². The van der Waals surface area contributed by atoms with E-state index < -0.39 is 5.92 Å². The fourth-order valence-electron chi connectivity index (χ4n) is 2.35. The van der Waals surface area contributed by atoms with E-state index in [4.69, 9.17) is 0 Å². The number of benzene rings is 1. The van der Waals surface area contributed by atoms with Crippen molar-refractivity contribution in [3.05, 3.63) is 35.9 Å². The van der Waals surface area contributed by atoms with E-state index in [0.29, 0.717) is 6.54 Å². The summed E-state index contributed by atoms with van der Waals surface area (Å²) in [7, 11) is 0. The van der Waals surface area contributed by atoms with E-state index in [2.05, 4.69) is 5.32 Å². The Balaban J connectivity index is 2.07. The summed E-state index contributed by atoms with van der Waals surface area (Å²) in [5.74, 6) is -2.79. The Hall–Kier alpha value is -1.00. The molecule has 2 atom stereocenters. The third-order valence-electron chi connectivity index (χ3n) is 3.49. The highest BCUT2D eigenvalue weighted by molar-refractivity contribution is 5.20. The van der Waals surface area contributed by atoms with E-state index in [1.807, 2.05) is 18.7 Å². The molecule has 0 bridgehead atoms. The minimum absolute atomic E-state index is 0.100. The van der Waals surface area contributed by atoms with Crippen LogP contribution in [-0.2, 0) is 5.92 Å². The topological polar surface area (TPSA) is 15.3 Å². The zero-order valence-electron chi connectivity index (χ0n) is 10.9. The monoisotopic (exact) mass is 254 g/mol. The molecule has 0 radical (unpaired) electrons. The van der Waals surface area contributed by atoms with Crippen LogP contribution in [0.3, 0.4) is 0 Å². The van der Waals surface area contributed by atoms with Gasteiger partial charge in [-0.15, -0.1) is 0 Å². The highest BCUT2D eigenvalue weighted by Gasteiger charge is 2.36. The van der Waals surface area contributed by atoms with Gasteiger partial charge in [-0.25, -0.2) is 0 Å². The highest BCUT2D eigenvalue weighted by Crippen LogP contribution is 2.29. The molecule has 1 heterocycles. The van der Waals surface area contributed by atoms with Crippen molar-refractivity contribution in [3.8, 4) is 0 Å². The molecule has 0 spiro atoms. The lowest BCUT2D eigenvalue weighted by Gasteiger charge is -2.39. The molecule has 100 valence electrons. The van der Waals surface area contributed by atoms with Crippen LogP contribution in [0.1, 0.15) is 19.4 Å². The maximum atomic E-state index is 14.2. The van der Waals surface area contributed by atoms with Crippen LogP contribution in [0.15, 0.2) is 30.3 Å². The molecule has 2 unspecified atom stereocenters. The lowest BCUT2D eigenvalue weighted by Crippen LogP contribution is -2.56. The Kier molecular flexibility index (Phi) is 3.97. The van der Waals surface area contributed by atoms with Crippen molar-refractivity contribution in [2.45, 2.75) is 31.9 Å². The van der Waals surface area contributed by atoms with Gasteiger partial charge in [0.1, 0.15) is 0 Å². The third-order valence-corrected chi connectivity index (χ3v) is 3.49. The van der Waals surface area contributed by atoms with Crippen LogP contribution in [0.4, 0.5) is 8.78 Å². The lowest BCUT2D eigenvalue weighted by atomic mass is 10.1. The number of alkyl halides is 2. The second-order valence-electron chi connectivity index (χ2n) is 5.16. The number of piperazine rings is 1. The predicted molar refractivity (Wildman–Crippen MR) is 68.8 cm³/mol. The van der Waals surface area contributed by atoms with Gasteiger partial charge < -0.3 is 5.32 Å². The third kappa shape index (κ3) is 3.06. The molecule has 18 heavy (non-hydrogen) atoms. The SMILES string of the molecule is CC1CN(CC(F)(F)c2ccccc2)C(C)CN1. The van der Waals surface area contributed by atoms with Crippen molar-refractivity contribution in [2.24, 2.45) is 0 Å². The second kappa shape index (κ2) is 5.33. The Bertz CT molecular complexity index is 381. The van der Waals surface area contributed by atoms with Crippen LogP contribution in [0.2, 0.25) is 0 Å². The van der Waals surface area contributed by atoms with Crippen LogP contribution >= 0.6 is 0 Å². The first-order valence-corrected chi connectivity index (χ1v) is 6.40. The molecule has 0 aliphatic carbocycles. The zero-order valence-corrected chi connectivity index (χ0v) is 10.9. The normalized spacial score (nSPS) is 26.2. The van der Waals surface area contributed by atoms with Crippen molar-refractivity contribution in [3.63, 3.8) is 0 Å². The van der Waals surface area contributed by atoms with Gasteiger partial charge in [0.25, 0.3) is 5.92 Å². The Morgan fingerprint density at radius 3 is 2.61 bits per heavy atom. The first-order valence-electron chi connectivity index (χ1n) is 6.40. The molecular formula is C14H20F2N2. The molecule has 4 heteroatoms. The average Bonchev–Trinajstić information content (AvgIpc) is 2.35. The van der Waals surface area contributed by atoms with Crippen molar-refractivity contribution in [1.82, 2.24) is 10.2 Å². The molecule has 2 nitrogen and oxygen atoms in total. The molecule has 1 saturated heterocycles. The van der Waals surface area contributed by atoms with Gasteiger partial charge in [0.15, 0.2) is 0 Å². The smallest absolute Gasteiger partial charge is 0.285 e. The molecular weight excluding hydrogens is 234 g/mol. The standard InChI is InChI=1S/C14H20F2N2/c1-11-9-18(12(2)8-17-11)10-14(15,16)13-6-4-3-5-7-13/h3-7,11-12,17H,8-10H2,1-2H3. The Morgan fingerprint density at radius 2 is 1.94 bits per heavy atom. The first-order chi connectivity index (χ1) is 8.49. The highest BCUT2D eigenvalue weighted by atomic mass is 19.3. The van der Waals surface area contributed by atoms with Gasteiger partial charge in [-0.1, -0.05) is 30.3 Å². The van der Waals surface area contributed by atoms with Gasteiger partial charge in [0.05, 0.1) is 6.54 Å². The minimum Gasteiger partial charge on any atom is -0.311 e. The lowest BCUT2D eigenvalue weighted by molar-refractivity contribution is -0.0533. The summed E-state index contributed by atoms with van der Waals surface area (Å²) in [4.78, 5) is 1.87. The van der Waals surface area contributed by atoms with Gasteiger partial charge in [-0.2, -0.15) is 8.78 Å². The Labute approximate surface area is 107 Å². The molecule has 1 N–H and O–H groups in total. The maximum Gasteiger partial charge on any atom is 0.285 e. The molecule has 2 rings (SSSR count). The number of hydrogen-bond acceptors (Lipinski definition) is 2. The van der Waals surface area contributed by atoms with Crippen molar-refractivity contribution in [1.29, 1.82) is 0 Å². The molecule has 1 aliphatic rings. The minimum atomic E-state index is -2.79. The first kappa shape index (κ1) is 13.4. The summed E-state index contributed by atoms with van der Waals surface area (Å²) in [6.07, 6.45) is 0. The van der Waals surface area contributed by atoms with E-state index in [0.717, 1.165) is 6.54 Å². The maximum absolute atomic E-state index is 14.2. The molecule has 0 amide bonds. The van der Waals surface area contributed by atoms with Crippen LogP contribution < -0.4 is 5.32 Å². The summed E-state index contributed by atoms with van der Waals surface area (Å²) in [6.45, 7) is 5.25. The van der Waals surface area contributed by atoms with E-state index in [1.165, 1.54) is 12.1 Å². The van der Waals surface area contributed by atoms with E-state index >= 15 is 0 Å². The van der Waals surface area contributed by atoms with Gasteiger partial charge in [-0.3, -0.25) is 4.90 Å². The van der Waals surface area contributed by atoms with Crippen LogP contribution in [0.5, 0.6) is 0 Å². The van der Waals surface area contributed by atoms with E-state index in [9.17, 15) is 8.78 Å². The molecule has 1 aromatic rings. The van der Waals surface area contributed by atoms with Gasteiger partial charge in [0.2, 0.25) is 0 Å². The Morgan fingerprint density at radius 1 is 1.28 bits per heavy atom. The van der Waals surface area contributed by atoms with Crippen LogP contribution in [0, 0.1) is 0 Å². The zero-order chi connectivity index (χ0) is 13.2. The quantitative estimate of drug-likeness (QED) is 0.891. The second-order valence-corrected chi connectivity index (χ2v) is 5.16. The largest absolute Gasteiger partial charge is 0.311 e. The van der Waals surface area contributed by atoms with Gasteiger partial charge in [-0.05, 0) is 13.8 Å². The number of halogens is 2. The van der Waals surface area contributed by atoms with Crippen molar-refractivity contribution >= 4 is 0 Å². The van der Waals surface area contributed by atoms with Crippen molar-refractivity contribution in [2.75, 3.05) is 19.6 Å². The fourth-order valence-corrected chi connectivity index (χ4v) is 2.35. The van der Waals surface area contributed by atoms with E-state index in [-0.39, 0.29) is 24.2 Å². The number of hydrogen-bond donors (Lipinski definition) is 1. The average molecular weight is 254 g/mol. The number of nitrogens with zero attached hydrogens (tertiary/aromatic N) is 1. The molecule has 1 aromatic carbocycles. The molecule has 0 aromatic heterocycles. The number of rotatable bonds is 3. The summed E-state index contributed by atoms with van der Waals surface area (Å²) in [6, 6.07) is 8.49. The fraction of sp³-hybridized carbons (Fsp3) is 0.571. The van der Waals surface area contributed by atoms with Gasteiger partial charge >= 0.3 is 0 Å². The summed E-state index contributed by atoms with van der Waals surface area (Å²) < 4.78 is 28.4. The molecule has 0 saturated carbocycles. The predicted octanol–water partition coefficient (Wildman–Crippen LogP) is 2.46. The number of nitrogens with one attached hydrogen (secondary N) is 1. The summed E-state index contributed by atoms with van der Waals surface area (Å²) in [5, 5.41) is 3.30. The summed E-state index contributed by atoms with van der Waals surface area (Å²) >= 11 is 0. The van der Waals surface area contributed by atoms with E-state index in [1.54, 1.807) is 18.2 Å².